The summed E-state index contributed by atoms with van der Waals surface area (Å²) in [4.78, 5) is 31.2. The molecular weight excluding hydrogens is 437 g/mol. The van der Waals surface area contributed by atoms with E-state index in [1.807, 2.05) is 12.1 Å². The van der Waals surface area contributed by atoms with Gasteiger partial charge in [0.1, 0.15) is 12.4 Å². The number of piperidine rings is 1. The van der Waals surface area contributed by atoms with Crippen LogP contribution in [-0.2, 0) is 11.4 Å². The SMILES string of the molecule is COc1ccc(NC(=O)C2CCN(C(=O)c3ccc(F)cc3)CC2)cc1OCc1ccncc1. The fourth-order valence-corrected chi connectivity index (χ4v) is 3.87. The second-order valence-electron chi connectivity index (χ2n) is 8.07. The van der Waals surface area contributed by atoms with Gasteiger partial charge in [-0.3, -0.25) is 14.6 Å². The third-order valence-electron chi connectivity index (χ3n) is 5.82. The third kappa shape index (κ3) is 5.70. The number of likely N-dealkylation sites (tertiary alicyclic amines) is 1. The van der Waals surface area contributed by atoms with Crippen molar-refractivity contribution in [2.75, 3.05) is 25.5 Å². The Labute approximate surface area is 197 Å². The number of nitrogens with zero attached hydrogens (tertiary/aromatic N) is 2. The van der Waals surface area contributed by atoms with Gasteiger partial charge in [0.15, 0.2) is 11.5 Å². The van der Waals surface area contributed by atoms with E-state index < -0.39 is 0 Å². The van der Waals surface area contributed by atoms with Crippen molar-refractivity contribution in [1.29, 1.82) is 0 Å². The van der Waals surface area contributed by atoms with E-state index >= 15 is 0 Å². The minimum absolute atomic E-state index is 0.0980. The maximum Gasteiger partial charge on any atom is 0.253 e. The summed E-state index contributed by atoms with van der Waals surface area (Å²) < 4.78 is 24.4. The highest BCUT2D eigenvalue weighted by Gasteiger charge is 2.28. The number of aromatic nitrogens is 1. The molecule has 1 aliphatic heterocycles. The summed E-state index contributed by atoms with van der Waals surface area (Å²) in [6.45, 7) is 1.28. The summed E-state index contributed by atoms with van der Waals surface area (Å²) in [6.07, 6.45) is 4.51. The van der Waals surface area contributed by atoms with Crippen LogP contribution >= 0.6 is 0 Å². The van der Waals surface area contributed by atoms with Gasteiger partial charge in [0.05, 0.1) is 7.11 Å². The molecule has 2 heterocycles. The molecule has 0 unspecified atom stereocenters. The molecule has 1 fully saturated rings. The van der Waals surface area contributed by atoms with Crippen molar-refractivity contribution in [2.24, 2.45) is 5.92 Å². The van der Waals surface area contributed by atoms with Crippen LogP contribution in [0.25, 0.3) is 0 Å². The normalized spacial score (nSPS) is 13.9. The molecular formula is C26H26FN3O4. The van der Waals surface area contributed by atoms with Crippen molar-refractivity contribution >= 4 is 17.5 Å². The Hall–Kier alpha value is -3.94. The third-order valence-corrected chi connectivity index (χ3v) is 5.82. The number of nitrogens with one attached hydrogen (secondary N) is 1. The smallest absolute Gasteiger partial charge is 0.253 e. The Morgan fingerprint density at radius 3 is 2.41 bits per heavy atom. The van der Waals surface area contributed by atoms with E-state index in [4.69, 9.17) is 9.47 Å². The number of ether oxygens (including phenoxy) is 2. The lowest BCUT2D eigenvalue weighted by molar-refractivity contribution is -0.121. The number of amides is 2. The molecule has 1 saturated heterocycles. The number of pyridine rings is 1. The number of carbonyl (C=O) groups is 2. The highest BCUT2D eigenvalue weighted by atomic mass is 19.1. The molecule has 1 N–H and O–H groups in total. The van der Waals surface area contributed by atoms with Gasteiger partial charge in [-0.2, -0.15) is 0 Å². The summed E-state index contributed by atoms with van der Waals surface area (Å²) >= 11 is 0. The molecule has 2 aromatic carbocycles. The van der Waals surface area contributed by atoms with Crippen molar-refractivity contribution in [1.82, 2.24) is 9.88 Å². The lowest BCUT2D eigenvalue weighted by Crippen LogP contribution is -2.41. The first-order valence-electron chi connectivity index (χ1n) is 11.1. The van der Waals surface area contributed by atoms with E-state index in [1.54, 1.807) is 42.6 Å². The molecule has 0 spiro atoms. The molecule has 0 bridgehead atoms. The zero-order valence-corrected chi connectivity index (χ0v) is 18.9. The van der Waals surface area contributed by atoms with Crippen LogP contribution < -0.4 is 14.8 Å². The van der Waals surface area contributed by atoms with Crippen LogP contribution in [0.5, 0.6) is 11.5 Å². The largest absolute Gasteiger partial charge is 0.493 e. The molecule has 2 amide bonds. The van der Waals surface area contributed by atoms with Crippen molar-refractivity contribution < 1.29 is 23.5 Å². The summed E-state index contributed by atoms with van der Waals surface area (Å²) in [5, 5.41) is 2.95. The number of rotatable bonds is 7. The van der Waals surface area contributed by atoms with E-state index in [-0.39, 0.29) is 23.5 Å². The lowest BCUT2D eigenvalue weighted by Gasteiger charge is -2.31. The van der Waals surface area contributed by atoms with E-state index in [1.165, 1.54) is 24.3 Å². The minimum atomic E-state index is -0.378. The molecule has 1 aromatic heterocycles. The molecule has 34 heavy (non-hydrogen) atoms. The summed E-state index contributed by atoms with van der Waals surface area (Å²) in [6, 6.07) is 14.5. The van der Waals surface area contributed by atoms with E-state index in [9.17, 15) is 14.0 Å². The Balaban J connectivity index is 1.33. The van der Waals surface area contributed by atoms with Gasteiger partial charge in [-0.05, 0) is 66.9 Å². The Morgan fingerprint density at radius 1 is 1.03 bits per heavy atom. The number of halogens is 1. The molecule has 7 nitrogen and oxygen atoms in total. The summed E-state index contributed by atoms with van der Waals surface area (Å²) in [5.41, 5.74) is 2.02. The molecule has 3 aromatic rings. The standard InChI is InChI=1S/C26H26FN3O4/c1-33-23-7-6-22(16-24(23)34-17-18-8-12-28-13-9-18)29-25(31)19-10-14-30(15-11-19)26(32)20-2-4-21(27)5-3-20/h2-9,12-13,16,19H,10-11,14-15,17H2,1H3,(H,29,31). The quantitative estimate of drug-likeness (QED) is 0.565. The van der Waals surface area contributed by atoms with E-state index in [2.05, 4.69) is 10.3 Å². The number of methoxy groups -OCH3 is 1. The van der Waals surface area contributed by atoms with Gasteiger partial charge in [0.25, 0.3) is 5.91 Å². The van der Waals surface area contributed by atoms with Crippen LogP contribution in [0.15, 0.2) is 67.0 Å². The predicted octanol–water partition coefficient (Wildman–Crippen LogP) is 4.30. The molecule has 176 valence electrons. The number of anilines is 1. The van der Waals surface area contributed by atoms with Gasteiger partial charge in [-0.1, -0.05) is 0 Å². The van der Waals surface area contributed by atoms with Gasteiger partial charge in [-0.25, -0.2) is 4.39 Å². The van der Waals surface area contributed by atoms with Gasteiger partial charge >= 0.3 is 0 Å². The highest BCUT2D eigenvalue weighted by molar-refractivity contribution is 5.95. The van der Waals surface area contributed by atoms with Crippen molar-refractivity contribution in [3.63, 3.8) is 0 Å². The van der Waals surface area contributed by atoms with Crippen LogP contribution in [-0.4, -0.2) is 41.9 Å². The molecule has 0 saturated carbocycles. The van der Waals surface area contributed by atoms with Crippen LogP contribution in [0.4, 0.5) is 10.1 Å². The van der Waals surface area contributed by atoms with Crippen LogP contribution in [0.1, 0.15) is 28.8 Å². The average Bonchev–Trinajstić information content (AvgIpc) is 2.88. The fourth-order valence-electron chi connectivity index (χ4n) is 3.87. The van der Waals surface area contributed by atoms with Crippen molar-refractivity contribution in [3.8, 4) is 11.5 Å². The zero-order chi connectivity index (χ0) is 23.9. The molecule has 1 aliphatic rings. The monoisotopic (exact) mass is 463 g/mol. The predicted molar refractivity (Wildman–Crippen MR) is 125 cm³/mol. The van der Waals surface area contributed by atoms with E-state index in [0.29, 0.717) is 55.3 Å². The molecule has 0 radical (unpaired) electrons. The van der Waals surface area contributed by atoms with Crippen LogP contribution in [0.2, 0.25) is 0 Å². The fraction of sp³-hybridized carbons (Fsp3) is 0.269. The first kappa shape index (κ1) is 23.2. The molecule has 4 rings (SSSR count). The second-order valence-corrected chi connectivity index (χ2v) is 8.07. The summed E-state index contributed by atoms with van der Waals surface area (Å²) in [5.74, 6) is 0.262. The average molecular weight is 464 g/mol. The zero-order valence-electron chi connectivity index (χ0n) is 18.9. The first-order chi connectivity index (χ1) is 16.5. The molecule has 0 atom stereocenters. The van der Waals surface area contributed by atoms with Crippen LogP contribution in [0, 0.1) is 11.7 Å². The molecule has 0 aliphatic carbocycles. The summed E-state index contributed by atoms with van der Waals surface area (Å²) in [7, 11) is 1.56. The number of carbonyl (C=O) groups excluding carboxylic acids is 2. The van der Waals surface area contributed by atoms with E-state index in [0.717, 1.165) is 5.56 Å². The van der Waals surface area contributed by atoms with Gasteiger partial charge < -0.3 is 19.7 Å². The Morgan fingerprint density at radius 2 is 1.74 bits per heavy atom. The highest BCUT2D eigenvalue weighted by Crippen LogP contribution is 2.31. The Kier molecular flexibility index (Phi) is 7.37. The maximum absolute atomic E-state index is 13.1. The topological polar surface area (TPSA) is 80.8 Å². The first-order valence-corrected chi connectivity index (χ1v) is 11.1. The van der Waals surface area contributed by atoms with Gasteiger partial charge in [0.2, 0.25) is 5.91 Å². The van der Waals surface area contributed by atoms with Gasteiger partial charge in [-0.15, -0.1) is 0 Å². The maximum atomic E-state index is 13.1. The molecule has 8 heteroatoms. The number of benzene rings is 2. The lowest BCUT2D eigenvalue weighted by atomic mass is 9.95. The second kappa shape index (κ2) is 10.8. The Bertz CT molecular complexity index is 1130. The number of hydrogen-bond acceptors (Lipinski definition) is 5. The minimum Gasteiger partial charge on any atom is -0.493 e. The van der Waals surface area contributed by atoms with Gasteiger partial charge in [0, 0.05) is 48.7 Å². The van der Waals surface area contributed by atoms with Crippen molar-refractivity contribution in [2.45, 2.75) is 19.4 Å². The van der Waals surface area contributed by atoms with Crippen molar-refractivity contribution in [3.05, 3.63) is 83.9 Å². The number of hydrogen-bond donors (Lipinski definition) is 1. The van der Waals surface area contributed by atoms with Crippen LogP contribution in [0.3, 0.4) is 0 Å².